The average Bonchev–Trinajstić information content (AvgIpc) is 2.34. The molecule has 18 heavy (non-hydrogen) atoms. The van der Waals surface area contributed by atoms with Gasteiger partial charge in [-0.05, 0) is 24.4 Å². The Hall–Kier alpha value is -0.300. The van der Waals surface area contributed by atoms with Crippen LogP contribution in [0, 0.1) is 0 Å². The van der Waals surface area contributed by atoms with Crippen molar-refractivity contribution in [1.82, 2.24) is 0 Å². The molecule has 0 spiro atoms. The lowest BCUT2D eigenvalue weighted by Crippen LogP contribution is -1.82. The molecule has 0 unspecified atom stereocenters. The van der Waals surface area contributed by atoms with Gasteiger partial charge in [0, 0.05) is 6.42 Å². The number of halogens is 1. The molecule has 0 aliphatic carbocycles. The second-order valence-corrected chi connectivity index (χ2v) is 5.42. The number of allylic oxidation sites excluding steroid dienone is 2. The molecule has 0 aromatic carbocycles. The summed E-state index contributed by atoms with van der Waals surface area (Å²) in [6.45, 7) is 2.26. The van der Waals surface area contributed by atoms with Crippen molar-refractivity contribution >= 4 is 16.8 Å². The number of carbonyl (C=O) groups excluding carboxylic acids is 1. The van der Waals surface area contributed by atoms with Gasteiger partial charge in [0.1, 0.15) is 0 Å². The molecule has 0 rings (SSSR count). The minimum atomic E-state index is -0.269. The Kier molecular flexibility index (Phi) is 14.5. The lowest BCUT2D eigenvalue weighted by molar-refractivity contribution is -0.110. The largest absolute Gasteiger partial charge is 0.281 e. The van der Waals surface area contributed by atoms with Gasteiger partial charge < -0.3 is 0 Å². The minimum Gasteiger partial charge on any atom is -0.281 e. The third-order valence-electron chi connectivity index (χ3n) is 3.17. The van der Waals surface area contributed by atoms with Crippen LogP contribution >= 0.6 is 11.6 Å². The van der Waals surface area contributed by atoms with Crippen molar-refractivity contribution in [2.45, 2.75) is 84.0 Å². The van der Waals surface area contributed by atoms with E-state index < -0.39 is 0 Å². The molecule has 106 valence electrons. The molecule has 0 saturated heterocycles. The van der Waals surface area contributed by atoms with Crippen LogP contribution in [0.2, 0.25) is 0 Å². The van der Waals surface area contributed by atoms with Gasteiger partial charge in [0.15, 0.2) is 0 Å². The normalized spacial score (nSPS) is 11.2. The van der Waals surface area contributed by atoms with E-state index in [2.05, 4.69) is 13.0 Å². The molecule has 0 atom stereocenters. The Labute approximate surface area is 118 Å². The van der Waals surface area contributed by atoms with Crippen molar-refractivity contribution in [3.63, 3.8) is 0 Å². The maximum absolute atomic E-state index is 10.5. The van der Waals surface area contributed by atoms with E-state index in [0.717, 1.165) is 6.42 Å². The smallest absolute Gasteiger partial charge is 0.225 e. The molecule has 1 nitrogen and oxygen atoms in total. The molecule has 0 aromatic heterocycles. The third kappa shape index (κ3) is 15.7. The summed E-state index contributed by atoms with van der Waals surface area (Å²) in [6, 6.07) is 0. The van der Waals surface area contributed by atoms with Gasteiger partial charge in [-0.25, -0.2) is 0 Å². The van der Waals surface area contributed by atoms with Crippen molar-refractivity contribution in [1.29, 1.82) is 0 Å². The molecule has 0 heterocycles. The maximum Gasteiger partial charge on any atom is 0.225 e. The SMILES string of the molecule is CCCCCCCCCCCC/C=C/CC(=O)Cl. The van der Waals surface area contributed by atoms with E-state index in [4.69, 9.17) is 11.6 Å². The van der Waals surface area contributed by atoms with Gasteiger partial charge in [0.2, 0.25) is 5.24 Å². The number of hydrogen-bond acceptors (Lipinski definition) is 1. The Balaban J connectivity index is 3.03. The van der Waals surface area contributed by atoms with Crippen molar-refractivity contribution in [2.24, 2.45) is 0 Å². The van der Waals surface area contributed by atoms with Crippen LogP contribution in [-0.2, 0) is 4.79 Å². The first-order valence-corrected chi connectivity index (χ1v) is 7.98. The summed E-state index contributed by atoms with van der Waals surface area (Å²) in [6.07, 6.45) is 19.1. The fourth-order valence-corrected chi connectivity index (χ4v) is 2.13. The highest BCUT2D eigenvalue weighted by atomic mass is 35.5. The Morgan fingerprint density at radius 2 is 1.33 bits per heavy atom. The summed E-state index contributed by atoms with van der Waals surface area (Å²) in [5, 5.41) is -0.269. The molecule has 0 saturated carbocycles. The lowest BCUT2D eigenvalue weighted by Gasteiger charge is -2.01. The number of rotatable bonds is 13. The zero-order valence-corrected chi connectivity index (χ0v) is 12.7. The zero-order chi connectivity index (χ0) is 13.5. The van der Waals surface area contributed by atoms with Gasteiger partial charge in [-0.1, -0.05) is 76.9 Å². The van der Waals surface area contributed by atoms with Crippen LogP contribution in [0.5, 0.6) is 0 Å². The minimum absolute atomic E-state index is 0.269. The van der Waals surface area contributed by atoms with Crippen LogP contribution < -0.4 is 0 Å². The van der Waals surface area contributed by atoms with Gasteiger partial charge in [-0.2, -0.15) is 0 Å². The van der Waals surface area contributed by atoms with E-state index in [1.54, 1.807) is 0 Å². The van der Waals surface area contributed by atoms with E-state index >= 15 is 0 Å². The summed E-state index contributed by atoms with van der Waals surface area (Å²) < 4.78 is 0. The van der Waals surface area contributed by atoms with Gasteiger partial charge in [0.05, 0.1) is 0 Å². The molecule has 0 fully saturated rings. The standard InChI is InChI=1S/C16H29ClO/c1-2-3-4-5-6-7-8-9-10-11-12-13-14-15-16(17)18/h13-14H,2-12,15H2,1H3/b14-13+. The monoisotopic (exact) mass is 272 g/mol. The Morgan fingerprint density at radius 3 is 1.83 bits per heavy atom. The lowest BCUT2D eigenvalue weighted by atomic mass is 10.1. The molecular formula is C16H29ClO. The van der Waals surface area contributed by atoms with Crippen molar-refractivity contribution in [2.75, 3.05) is 0 Å². The summed E-state index contributed by atoms with van der Waals surface area (Å²) in [7, 11) is 0. The fourth-order valence-electron chi connectivity index (χ4n) is 2.04. The summed E-state index contributed by atoms with van der Waals surface area (Å²) in [5.41, 5.74) is 0. The quantitative estimate of drug-likeness (QED) is 0.228. The second kappa shape index (κ2) is 14.8. The highest BCUT2D eigenvalue weighted by Crippen LogP contribution is 2.11. The van der Waals surface area contributed by atoms with Crippen LogP contribution in [0.25, 0.3) is 0 Å². The van der Waals surface area contributed by atoms with Gasteiger partial charge in [-0.3, -0.25) is 4.79 Å². The molecule has 0 bridgehead atoms. The van der Waals surface area contributed by atoms with Gasteiger partial charge >= 0.3 is 0 Å². The summed E-state index contributed by atoms with van der Waals surface area (Å²) in [5.74, 6) is 0. The molecule has 0 amide bonds. The molecule has 0 N–H and O–H groups in total. The van der Waals surface area contributed by atoms with Crippen molar-refractivity contribution < 1.29 is 4.79 Å². The fraction of sp³-hybridized carbons (Fsp3) is 0.812. The molecule has 2 heteroatoms. The van der Waals surface area contributed by atoms with E-state index in [1.807, 2.05) is 6.08 Å². The van der Waals surface area contributed by atoms with E-state index in [9.17, 15) is 4.79 Å². The first-order valence-electron chi connectivity index (χ1n) is 7.60. The Bertz CT molecular complexity index is 211. The predicted molar refractivity (Wildman–Crippen MR) is 81.1 cm³/mol. The number of carbonyl (C=O) groups is 1. The molecule has 0 aromatic rings. The van der Waals surface area contributed by atoms with Crippen LogP contribution in [0.4, 0.5) is 0 Å². The van der Waals surface area contributed by atoms with E-state index in [0.29, 0.717) is 6.42 Å². The van der Waals surface area contributed by atoms with E-state index in [1.165, 1.54) is 64.2 Å². The highest BCUT2D eigenvalue weighted by Gasteiger charge is 1.92. The highest BCUT2D eigenvalue weighted by molar-refractivity contribution is 6.63. The number of hydrogen-bond donors (Lipinski definition) is 0. The van der Waals surface area contributed by atoms with Crippen LogP contribution in [0.15, 0.2) is 12.2 Å². The number of unbranched alkanes of at least 4 members (excludes halogenated alkanes) is 10. The molecule has 0 aliphatic heterocycles. The van der Waals surface area contributed by atoms with Gasteiger partial charge in [0.25, 0.3) is 0 Å². The topological polar surface area (TPSA) is 17.1 Å². The van der Waals surface area contributed by atoms with E-state index in [-0.39, 0.29) is 5.24 Å². The average molecular weight is 273 g/mol. The second-order valence-electron chi connectivity index (χ2n) is 5.00. The Morgan fingerprint density at radius 1 is 0.833 bits per heavy atom. The van der Waals surface area contributed by atoms with Crippen LogP contribution in [-0.4, -0.2) is 5.24 Å². The third-order valence-corrected chi connectivity index (χ3v) is 3.32. The van der Waals surface area contributed by atoms with Gasteiger partial charge in [-0.15, -0.1) is 0 Å². The van der Waals surface area contributed by atoms with Crippen molar-refractivity contribution in [3.05, 3.63) is 12.2 Å². The first-order chi connectivity index (χ1) is 8.77. The van der Waals surface area contributed by atoms with Crippen LogP contribution in [0.3, 0.4) is 0 Å². The molecule has 0 radical (unpaired) electrons. The summed E-state index contributed by atoms with van der Waals surface area (Å²) >= 11 is 5.23. The van der Waals surface area contributed by atoms with Crippen molar-refractivity contribution in [3.8, 4) is 0 Å². The predicted octanol–water partition coefficient (Wildman–Crippen LogP) is 6.01. The molecule has 0 aliphatic rings. The zero-order valence-electron chi connectivity index (χ0n) is 11.9. The van der Waals surface area contributed by atoms with Crippen LogP contribution in [0.1, 0.15) is 84.0 Å². The maximum atomic E-state index is 10.5. The molecular weight excluding hydrogens is 244 g/mol. The first kappa shape index (κ1) is 17.7. The summed E-state index contributed by atoms with van der Waals surface area (Å²) in [4.78, 5) is 10.5.